The van der Waals surface area contributed by atoms with Crippen LogP contribution >= 0.6 is 0 Å². The van der Waals surface area contributed by atoms with Crippen molar-refractivity contribution in [2.45, 2.75) is 38.1 Å². The van der Waals surface area contributed by atoms with Crippen molar-refractivity contribution in [3.63, 3.8) is 0 Å². The molecular weight excluding hydrogens is 314 g/mol. The molecule has 25 heavy (non-hydrogen) atoms. The van der Waals surface area contributed by atoms with E-state index >= 15 is 0 Å². The molecule has 1 aliphatic heterocycles. The standard InChI is InChI=1S/C21H25NO3/c1-3-17(2)11-7-4-5-10-14-20(23)22-19(16-25-21(22)24)15-18-12-8-6-9-13-18/h3,6,8-10,12-14,19H,1-2,4-5,7,11,15-16H2/b14-10+/t19-/m1/s1. The van der Waals surface area contributed by atoms with Gasteiger partial charge in [0.25, 0.3) is 5.91 Å². The van der Waals surface area contributed by atoms with Crippen LogP contribution in [0.3, 0.4) is 0 Å². The van der Waals surface area contributed by atoms with Crippen molar-refractivity contribution in [1.29, 1.82) is 0 Å². The van der Waals surface area contributed by atoms with Crippen LogP contribution in [0.25, 0.3) is 0 Å². The second kappa shape index (κ2) is 9.62. The van der Waals surface area contributed by atoms with Crippen LogP contribution < -0.4 is 0 Å². The molecule has 4 nitrogen and oxygen atoms in total. The number of amides is 2. The van der Waals surface area contributed by atoms with Gasteiger partial charge in [0.05, 0.1) is 6.04 Å². The lowest BCUT2D eigenvalue weighted by Crippen LogP contribution is -2.39. The summed E-state index contributed by atoms with van der Waals surface area (Å²) in [7, 11) is 0. The van der Waals surface area contributed by atoms with Crippen molar-refractivity contribution in [1.82, 2.24) is 4.90 Å². The largest absolute Gasteiger partial charge is 0.447 e. The molecule has 1 aliphatic rings. The highest BCUT2D eigenvalue weighted by Gasteiger charge is 2.36. The molecule has 1 atom stereocenters. The van der Waals surface area contributed by atoms with E-state index in [2.05, 4.69) is 13.2 Å². The summed E-state index contributed by atoms with van der Waals surface area (Å²) in [4.78, 5) is 25.5. The summed E-state index contributed by atoms with van der Waals surface area (Å²) in [6, 6.07) is 9.55. The number of cyclic esters (lactones) is 1. The average molecular weight is 339 g/mol. The fraction of sp³-hybridized carbons (Fsp3) is 0.333. The molecule has 0 bridgehead atoms. The van der Waals surface area contributed by atoms with Crippen molar-refractivity contribution < 1.29 is 14.3 Å². The maximum absolute atomic E-state index is 12.4. The Morgan fingerprint density at radius 2 is 2.04 bits per heavy atom. The van der Waals surface area contributed by atoms with Crippen molar-refractivity contribution in [3.05, 3.63) is 72.9 Å². The van der Waals surface area contributed by atoms with E-state index in [9.17, 15) is 9.59 Å². The molecule has 0 aromatic heterocycles. The Hall–Kier alpha value is -2.62. The first-order valence-electron chi connectivity index (χ1n) is 8.62. The molecule has 2 rings (SSSR count). The van der Waals surface area contributed by atoms with Crippen molar-refractivity contribution in [3.8, 4) is 0 Å². The SMILES string of the molecule is C=CC(=C)CCCC/C=C/C(=O)N1C(=O)OC[C@H]1Cc1ccccc1. The Kier molecular flexibility index (Phi) is 7.20. The molecule has 0 radical (unpaired) electrons. The zero-order valence-corrected chi connectivity index (χ0v) is 14.5. The highest BCUT2D eigenvalue weighted by atomic mass is 16.6. The Morgan fingerprint density at radius 1 is 1.28 bits per heavy atom. The number of imide groups is 1. The molecule has 0 saturated carbocycles. The molecule has 4 heteroatoms. The van der Waals surface area contributed by atoms with Gasteiger partial charge < -0.3 is 4.74 Å². The van der Waals surface area contributed by atoms with Gasteiger partial charge in [-0.05, 0) is 43.7 Å². The second-order valence-corrected chi connectivity index (χ2v) is 6.14. The molecule has 2 amide bonds. The average Bonchev–Trinajstić information content (AvgIpc) is 2.98. The molecule has 1 fully saturated rings. The van der Waals surface area contributed by atoms with Gasteiger partial charge in [-0.2, -0.15) is 0 Å². The van der Waals surface area contributed by atoms with Crippen LogP contribution in [0, 0.1) is 0 Å². The van der Waals surface area contributed by atoms with E-state index in [4.69, 9.17) is 4.74 Å². The monoisotopic (exact) mass is 339 g/mol. The van der Waals surface area contributed by atoms with Gasteiger partial charge in [-0.3, -0.25) is 4.79 Å². The summed E-state index contributed by atoms with van der Waals surface area (Å²) in [5.74, 6) is -0.307. The van der Waals surface area contributed by atoms with Gasteiger partial charge in [0.15, 0.2) is 0 Å². The zero-order valence-electron chi connectivity index (χ0n) is 14.5. The quantitative estimate of drug-likeness (QED) is 0.380. The van der Waals surface area contributed by atoms with Gasteiger partial charge in [-0.15, -0.1) is 0 Å². The smallest absolute Gasteiger partial charge is 0.417 e. The lowest BCUT2D eigenvalue weighted by Gasteiger charge is -2.18. The Morgan fingerprint density at radius 3 is 2.76 bits per heavy atom. The lowest BCUT2D eigenvalue weighted by molar-refractivity contribution is -0.124. The zero-order chi connectivity index (χ0) is 18.1. The van der Waals surface area contributed by atoms with E-state index in [0.717, 1.165) is 36.8 Å². The van der Waals surface area contributed by atoms with E-state index in [1.165, 1.54) is 11.0 Å². The summed E-state index contributed by atoms with van der Waals surface area (Å²) in [6.45, 7) is 7.80. The molecule has 132 valence electrons. The van der Waals surface area contributed by atoms with Crippen LogP contribution in [-0.4, -0.2) is 29.5 Å². The minimum atomic E-state index is -0.558. The third kappa shape index (κ3) is 5.75. The number of allylic oxidation sites excluding steroid dienone is 3. The Balaban J connectivity index is 1.83. The molecule has 0 spiro atoms. The Labute approximate surface area is 149 Å². The number of benzene rings is 1. The predicted octanol–water partition coefficient (Wildman–Crippen LogP) is 4.44. The summed E-state index contributed by atoms with van der Waals surface area (Å²) in [5.41, 5.74) is 2.11. The second-order valence-electron chi connectivity index (χ2n) is 6.14. The number of carbonyl (C=O) groups is 2. The number of unbranched alkanes of at least 4 members (excludes halogenated alkanes) is 2. The van der Waals surface area contributed by atoms with Crippen LogP contribution in [-0.2, 0) is 16.0 Å². The maximum atomic E-state index is 12.4. The van der Waals surface area contributed by atoms with E-state index in [1.807, 2.05) is 36.4 Å². The Bertz CT molecular complexity index is 648. The lowest BCUT2D eigenvalue weighted by atomic mass is 10.1. The summed E-state index contributed by atoms with van der Waals surface area (Å²) >= 11 is 0. The summed E-state index contributed by atoms with van der Waals surface area (Å²) < 4.78 is 5.07. The molecule has 1 aromatic rings. The first kappa shape index (κ1) is 18.7. The first-order chi connectivity index (χ1) is 12.1. The van der Waals surface area contributed by atoms with Gasteiger partial charge in [-0.25, -0.2) is 9.69 Å². The van der Waals surface area contributed by atoms with Gasteiger partial charge >= 0.3 is 6.09 Å². The van der Waals surface area contributed by atoms with E-state index in [0.29, 0.717) is 6.42 Å². The number of hydrogen-bond donors (Lipinski definition) is 0. The summed E-state index contributed by atoms with van der Waals surface area (Å²) in [5, 5.41) is 0. The van der Waals surface area contributed by atoms with Crippen molar-refractivity contribution in [2.24, 2.45) is 0 Å². The number of ether oxygens (including phenoxy) is 1. The maximum Gasteiger partial charge on any atom is 0.417 e. The number of nitrogens with zero attached hydrogens (tertiary/aromatic N) is 1. The third-order valence-corrected chi connectivity index (χ3v) is 4.18. The minimum Gasteiger partial charge on any atom is -0.447 e. The van der Waals surface area contributed by atoms with Gasteiger partial charge in [0.2, 0.25) is 0 Å². The fourth-order valence-electron chi connectivity index (χ4n) is 2.75. The highest BCUT2D eigenvalue weighted by molar-refractivity contribution is 5.99. The van der Waals surface area contributed by atoms with Crippen LogP contribution in [0.5, 0.6) is 0 Å². The number of carbonyl (C=O) groups excluding carboxylic acids is 2. The molecule has 0 N–H and O–H groups in total. The molecule has 1 heterocycles. The molecular formula is C21H25NO3. The highest BCUT2D eigenvalue weighted by Crippen LogP contribution is 2.18. The van der Waals surface area contributed by atoms with Gasteiger partial charge in [0, 0.05) is 0 Å². The van der Waals surface area contributed by atoms with Gasteiger partial charge in [0.1, 0.15) is 6.61 Å². The molecule has 1 saturated heterocycles. The first-order valence-corrected chi connectivity index (χ1v) is 8.62. The van der Waals surface area contributed by atoms with Crippen LogP contribution in [0.1, 0.15) is 31.2 Å². The van der Waals surface area contributed by atoms with Crippen molar-refractivity contribution in [2.75, 3.05) is 6.61 Å². The van der Waals surface area contributed by atoms with E-state index < -0.39 is 6.09 Å². The molecule has 0 unspecified atom stereocenters. The van der Waals surface area contributed by atoms with Crippen LogP contribution in [0.4, 0.5) is 4.79 Å². The normalized spacial score (nSPS) is 16.9. The predicted molar refractivity (Wildman–Crippen MR) is 99.1 cm³/mol. The van der Waals surface area contributed by atoms with Gasteiger partial charge in [-0.1, -0.05) is 61.2 Å². The minimum absolute atomic E-state index is 0.247. The van der Waals surface area contributed by atoms with Crippen molar-refractivity contribution >= 4 is 12.0 Å². The third-order valence-electron chi connectivity index (χ3n) is 4.18. The summed E-state index contributed by atoms with van der Waals surface area (Å²) in [6.07, 6.45) is 8.81. The molecule has 0 aliphatic carbocycles. The van der Waals surface area contributed by atoms with E-state index in [1.54, 1.807) is 6.08 Å². The topological polar surface area (TPSA) is 46.6 Å². The van der Waals surface area contributed by atoms with Crippen LogP contribution in [0.15, 0.2) is 67.3 Å². The van der Waals surface area contributed by atoms with E-state index in [-0.39, 0.29) is 18.6 Å². The molecule has 1 aromatic carbocycles. The fourth-order valence-corrected chi connectivity index (χ4v) is 2.75. The number of hydrogen-bond acceptors (Lipinski definition) is 3. The van der Waals surface area contributed by atoms with Crippen LogP contribution in [0.2, 0.25) is 0 Å². The number of rotatable bonds is 9.